The van der Waals surface area contributed by atoms with Gasteiger partial charge in [-0.1, -0.05) is 30.3 Å². The monoisotopic (exact) mass is 275 g/mol. The van der Waals surface area contributed by atoms with Crippen LogP contribution in [-0.4, -0.2) is 10.2 Å². The van der Waals surface area contributed by atoms with Gasteiger partial charge in [0.2, 0.25) is 0 Å². The molecule has 5 nitrogen and oxygen atoms in total. The second kappa shape index (κ2) is 5.92. The van der Waals surface area contributed by atoms with Gasteiger partial charge in [-0.3, -0.25) is 0 Å². The third-order valence-corrected chi connectivity index (χ3v) is 2.89. The predicted octanol–water partition coefficient (Wildman–Crippen LogP) is 4.14. The lowest BCUT2D eigenvalue weighted by molar-refractivity contribution is 1.05. The number of aromatic nitrogens is 2. The average molecular weight is 275 g/mol. The minimum atomic E-state index is 0.409. The summed E-state index contributed by atoms with van der Waals surface area (Å²) < 4.78 is 0. The van der Waals surface area contributed by atoms with Crippen LogP contribution in [0.1, 0.15) is 0 Å². The number of anilines is 1. The standard InChI is InChI=1S/C16H13N5/c17-16-11-10-15(20-21-16)12-6-8-14(9-7-12)19-18-13-4-2-1-3-5-13/h1-11H,(H2,17,21). The molecule has 0 unspecified atom stereocenters. The van der Waals surface area contributed by atoms with Crippen molar-refractivity contribution in [3.8, 4) is 11.3 Å². The van der Waals surface area contributed by atoms with Gasteiger partial charge in [-0.2, -0.15) is 10.2 Å². The maximum atomic E-state index is 5.52. The highest BCUT2D eigenvalue weighted by Gasteiger charge is 2.00. The molecule has 0 saturated heterocycles. The van der Waals surface area contributed by atoms with Gasteiger partial charge in [-0.25, -0.2) is 0 Å². The topological polar surface area (TPSA) is 76.5 Å². The molecule has 0 radical (unpaired) electrons. The largest absolute Gasteiger partial charge is 0.382 e. The maximum Gasteiger partial charge on any atom is 0.146 e. The molecule has 1 heterocycles. The highest BCUT2D eigenvalue weighted by Crippen LogP contribution is 2.22. The number of rotatable bonds is 3. The van der Waals surface area contributed by atoms with Crippen molar-refractivity contribution in [1.82, 2.24) is 10.2 Å². The zero-order valence-corrected chi connectivity index (χ0v) is 11.2. The summed E-state index contributed by atoms with van der Waals surface area (Å²) in [7, 11) is 0. The first kappa shape index (κ1) is 12.9. The molecule has 0 aliphatic rings. The van der Waals surface area contributed by atoms with E-state index in [0.717, 1.165) is 22.6 Å². The Labute approximate surface area is 122 Å². The maximum absolute atomic E-state index is 5.52. The Bertz CT molecular complexity index is 734. The van der Waals surface area contributed by atoms with E-state index in [1.807, 2.05) is 60.7 Å². The van der Waals surface area contributed by atoms with E-state index in [4.69, 9.17) is 5.73 Å². The van der Waals surface area contributed by atoms with E-state index in [9.17, 15) is 0 Å². The van der Waals surface area contributed by atoms with Gasteiger partial charge in [0.25, 0.3) is 0 Å². The zero-order valence-electron chi connectivity index (χ0n) is 11.2. The Morgan fingerprint density at radius 1 is 0.667 bits per heavy atom. The lowest BCUT2D eigenvalue weighted by Gasteiger charge is -2.00. The quantitative estimate of drug-likeness (QED) is 0.730. The molecule has 3 aromatic rings. The van der Waals surface area contributed by atoms with Crippen LogP contribution in [0.3, 0.4) is 0 Å². The Kier molecular flexibility index (Phi) is 3.64. The Balaban J connectivity index is 1.78. The van der Waals surface area contributed by atoms with E-state index in [-0.39, 0.29) is 0 Å². The van der Waals surface area contributed by atoms with E-state index in [1.54, 1.807) is 6.07 Å². The first-order valence-electron chi connectivity index (χ1n) is 6.48. The number of azo groups is 1. The van der Waals surface area contributed by atoms with Gasteiger partial charge >= 0.3 is 0 Å². The van der Waals surface area contributed by atoms with Gasteiger partial charge in [0, 0.05) is 5.56 Å². The van der Waals surface area contributed by atoms with Gasteiger partial charge in [-0.05, 0) is 36.4 Å². The molecule has 5 heteroatoms. The van der Waals surface area contributed by atoms with Crippen LogP contribution < -0.4 is 5.73 Å². The molecule has 0 spiro atoms. The number of benzene rings is 2. The molecule has 2 N–H and O–H groups in total. The van der Waals surface area contributed by atoms with Gasteiger partial charge in [-0.15, -0.1) is 10.2 Å². The zero-order chi connectivity index (χ0) is 14.5. The first-order chi connectivity index (χ1) is 10.3. The van der Waals surface area contributed by atoms with Crippen molar-refractivity contribution >= 4 is 17.2 Å². The molecule has 102 valence electrons. The third kappa shape index (κ3) is 3.27. The van der Waals surface area contributed by atoms with Crippen molar-refractivity contribution < 1.29 is 0 Å². The molecular weight excluding hydrogens is 262 g/mol. The van der Waals surface area contributed by atoms with Gasteiger partial charge in [0.05, 0.1) is 17.1 Å². The highest BCUT2D eigenvalue weighted by molar-refractivity contribution is 5.61. The molecule has 1 aromatic heterocycles. The lowest BCUT2D eigenvalue weighted by Crippen LogP contribution is -1.93. The Morgan fingerprint density at radius 2 is 1.33 bits per heavy atom. The van der Waals surface area contributed by atoms with Crippen LogP contribution in [-0.2, 0) is 0 Å². The number of hydrogen-bond donors (Lipinski definition) is 1. The summed E-state index contributed by atoms with van der Waals surface area (Å²) in [6.45, 7) is 0. The fourth-order valence-corrected chi connectivity index (χ4v) is 1.81. The van der Waals surface area contributed by atoms with Crippen molar-refractivity contribution in [2.45, 2.75) is 0 Å². The summed E-state index contributed by atoms with van der Waals surface area (Å²) in [5.41, 5.74) is 8.86. The van der Waals surface area contributed by atoms with Gasteiger partial charge in [0.15, 0.2) is 0 Å². The Hall–Kier alpha value is -3.08. The third-order valence-electron chi connectivity index (χ3n) is 2.89. The summed E-state index contributed by atoms with van der Waals surface area (Å²) in [6.07, 6.45) is 0. The van der Waals surface area contributed by atoms with E-state index >= 15 is 0 Å². The summed E-state index contributed by atoms with van der Waals surface area (Å²) >= 11 is 0. The molecule has 2 aromatic carbocycles. The molecule has 0 amide bonds. The summed E-state index contributed by atoms with van der Waals surface area (Å²) in [5, 5.41) is 16.2. The first-order valence-corrected chi connectivity index (χ1v) is 6.48. The van der Waals surface area contributed by atoms with Crippen LogP contribution in [0.25, 0.3) is 11.3 Å². The van der Waals surface area contributed by atoms with Gasteiger partial charge < -0.3 is 5.73 Å². The van der Waals surface area contributed by atoms with E-state index in [0.29, 0.717) is 5.82 Å². The number of nitrogens with zero attached hydrogens (tertiary/aromatic N) is 4. The van der Waals surface area contributed by atoms with E-state index < -0.39 is 0 Å². The molecule has 0 aliphatic heterocycles. The molecule has 0 fully saturated rings. The molecule has 21 heavy (non-hydrogen) atoms. The molecule has 0 bridgehead atoms. The smallest absolute Gasteiger partial charge is 0.146 e. The van der Waals surface area contributed by atoms with Crippen molar-refractivity contribution in [2.24, 2.45) is 10.2 Å². The number of nitrogen functional groups attached to an aromatic ring is 1. The van der Waals surface area contributed by atoms with Crippen molar-refractivity contribution in [3.05, 3.63) is 66.7 Å². The van der Waals surface area contributed by atoms with Crippen LogP contribution in [0, 0.1) is 0 Å². The van der Waals surface area contributed by atoms with E-state index in [2.05, 4.69) is 20.4 Å². The number of hydrogen-bond acceptors (Lipinski definition) is 5. The average Bonchev–Trinajstić information content (AvgIpc) is 2.55. The summed E-state index contributed by atoms with van der Waals surface area (Å²) in [6, 6.07) is 20.8. The second-order valence-corrected chi connectivity index (χ2v) is 4.43. The minimum Gasteiger partial charge on any atom is -0.382 e. The van der Waals surface area contributed by atoms with Crippen LogP contribution >= 0.6 is 0 Å². The molecule has 0 aliphatic carbocycles. The van der Waals surface area contributed by atoms with Crippen molar-refractivity contribution in [1.29, 1.82) is 0 Å². The highest BCUT2D eigenvalue weighted by atomic mass is 15.1. The van der Waals surface area contributed by atoms with Crippen LogP contribution in [0.5, 0.6) is 0 Å². The van der Waals surface area contributed by atoms with Crippen LogP contribution in [0.15, 0.2) is 77.0 Å². The van der Waals surface area contributed by atoms with Gasteiger partial charge in [0.1, 0.15) is 5.82 Å². The van der Waals surface area contributed by atoms with Crippen LogP contribution in [0.4, 0.5) is 17.2 Å². The predicted molar refractivity (Wildman–Crippen MR) is 82.5 cm³/mol. The minimum absolute atomic E-state index is 0.409. The SMILES string of the molecule is Nc1ccc(-c2ccc(N=Nc3ccccc3)cc2)nn1. The second-order valence-electron chi connectivity index (χ2n) is 4.43. The molecule has 0 saturated carbocycles. The lowest BCUT2D eigenvalue weighted by atomic mass is 10.1. The van der Waals surface area contributed by atoms with Crippen molar-refractivity contribution in [2.75, 3.05) is 5.73 Å². The normalized spacial score (nSPS) is 10.9. The van der Waals surface area contributed by atoms with E-state index in [1.165, 1.54) is 0 Å². The Morgan fingerprint density at radius 3 is 1.95 bits per heavy atom. The summed E-state index contributed by atoms with van der Waals surface area (Å²) in [4.78, 5) is 0. The fourth-order valence-electron chi connectivity index (χ4n) is 1.81. The molecular formula is C16H13N5. The molecule has 3 rings (SSSR count). The summed E-state index contributed by atoms with van der Waals surface area (Å²) in [5.74, 6) is 0.409. The van der Waals surface area contributed by atoms with Crippen LogP contribution in [0.2, 0.25) is 0 Å². The van der Waals surface area contributed by atoms with Crippen molar-refractivity contribution in [3.63, 3.8) is 0 Å². The molecule has 0 atom stereocenters. The number of nitrogens with two attached hydrogens (primary N) is 1. The fraction of sp³-hybridized carbons (Fsp3) is 0.